The van der Waals surface area contributed by atoms with Gasteiger partial charge in [0.2, 0.25) is 5.91 Å². The van der Waals surface area contributed by atoms with Crippen LogP contribution in [0.15, 0.2) is 16.5 Å². The minimum absolute atomic E-state index is 0.0786. The number of nitrogens with zero attached hydrogens (tertiary/aromatic N) is 1. The van der Waals surface area contributed by atoms with Crippen molar-refractivity contribution in [2.75, 3.05) is 26.3 Å². The molecule has 1 amide bonds. The largest absolute Gasteiger partial charge is 0.463 e. The first-order valence-corrected chi connectivity index (χ1v) is 8.88. The first kappa shape index (κ1) is 17.5. The molecular formula is C18H28N2O4. The molecule has 1 aliphatic carbocycles. The van der Waals surface area contributed by atoms with Gasteiger partial charge in [0.1, 0.15) is 23.2 Å². The van der Waals surface area contributed by atoms with Gasteiger partial charge in [0, 0.05) is 12.6 Å². The summed E-state index contributed by atoms with van der Waals surface area (Å²) < 4.78 is 11.0. The molecule has 2 aliphatic rings. The Kier molecular flexibility index (Phi) is 5.27. The number of morpholine rings is 1. The molecule has 134 valence electrons. The lowest BCUT2D eigenvalue weighted by Crippen LogP contribution is -2.57. The lowest BCUT2D eigenvalue weighted by Gasteiger charge is -2.39. The molecule has 2 atom stereocenters. The van der Waals surface area contributed by atoms with Crippen molar-refractivity contribution in [3.63, 3.8) is 0 Å². The molecule has 1 saturated heterocycles. The zero-order valence-electron chi connectivity index (χ0n) is 14.6. The molecular weight excluding hydrogens is 308 g/mol. The first-order chi connectivity index (χ1) is 11.5. The van der Waals surface area contributed by atoms with E-state index in [9.17, 15) is 9.90 Å². The number of nitrogens with one attached hydrogen (secondary N) is 1. The van der Waals surface area contributed by atoms with Crippen LogP contribution < -0.4 is 5.32 Å². The fourth-order valence-electron chi connectivity index (χ4n) is 3.70. The second-order valence-electron chi connectivity index (χ2n) is 7.17. The summed E-state index contributed by atoms with van der Waals surface area (Å²) in [4.78, 5) is 15.0. The van der Waals surface area contributed by atoms with Crippen molar-refractivity contribution in [3.8, 4) is 0 Å². The molecule has 2 heterocycles. The summed E-state index contributed by atoms with van der Waals surface area (Å²) in [7, 11) is 0. The fourth-order valence-corrected chi connectivity index (χ4v) is 3.70. The van der Waals surface area contributed by atoms with Crippen molar-refractivity contribution in [3.05, 3.63) is 23.7 Å². The van der Waals surface area contributed by atoms with Crippen LogP contribution in [0.2, 0.25) is 0 Å². The number of furan rings is 1. The van der Waals surface area contributed by atoms with Crippen LogP contribution in [0.3, 0.4) is 0 Å². The normalized spacial score (nSPS) is 25.5. The number of amides is 1. The number of rotatable bonds is 5. The third kappa shape index (κ3) is 3.82. The summed E-state index contributed by atoms with van der Waals surface area (Å²) >= 11 is 0. The Morgan fingerprint density at radius 2 is 2.17 bits per heavy atom. The van der Waals surface area contributed by atoms with Gasteiger partial charge in [0.05, 0.1) is 19.8 Å². The molecule has 0 radical (unpaired) electrons. The minimum atomic E-state index is -1.22. The van der Waals surface area contributed by atoms with Crippen LogP contribution in [-0.4, -0.2) is 54.3 Å². The highest BCUT2D eigenvalue weighted by Crippen LogP contribution is 2.27. The SMILES string of the molecule is Cc1ccc([C@@](C)(O)CNC(=O)[C@H]2COCCN2C2CCCC2)o1. The summed E-state index contributed by atoms with van der Waals surface area (Å²) in [6.07, 6.45) is 4.80. The molecule has 0 spiro atoms. The molecule has 1 aromatic heterocycles. The summed E-state index contributed by atoms with van der Waals surface area (Å²) in [5.41, 5.74) is -1.22. The second kappa shape index (κ2) is 7.25. The van der Waals surface area contributed by atoms with Crippen LogP contribution in [0, 0.1) is 6.92 Å². The Morgan fingerprint density at radius 1 is 1.42 bits per heavy atom. The molecule has 24 heavy (non-hydrogen) atoms. The van der Waals surface area contributed by atoms with Gasteiger partial charge in [0.25, 0.3) is 0 Å². The third-order valence-electron chi connectivity index (χ3n) is 5.14. The molecule has 1 aromatic rings. The van der Waals surface area contributed by atoms with Crippen LogP contribution in [-0.2, 0) is 15.1 Å². The lowest BCUT2D eigenvalue weighted by atomic mass is 10.0. The Balaban J connectivity index is 1.60. The summed E-state index contributed by atoms with van der Waals surface area (Å²) in [5.74, 6) is 1.13. The Morgan fingerprint density at radius 3 is 2.83 bits per heavy atom. The third-order valence-corrected chi connectivity index (χ3v) is 5.14. The van der Waals surface area contributed by atoms with Gasteiger partial charge in [-0.25, -0.2) is 0 Å². The number of carbonyl (C=O) groups excluding carboxylic acids is 1. The predicted molar refractivity (Wildman–Crippen MR) is 89.6 cm³/mol. The predicted octanol–water partition coefficient (Wildman–Crippen LogP) is 1.56. The van der Waals surface area contributed by atoms with E-state index >= 15 is 0 Å². The maximum absolute atomic E-state index is 12.7. The van der Waals surface area contributed by atoms with Gasteiger partial charge >= 0.3 is 0 Å². The van der Waals surface area contributed by atoms with E-state index in [1.54, 1.807) is 13.0 Å². The van der Waals surface area contributed by atoms with E-state index in [1.165, 1.54) is 12.8 Å². The Bertz CT molecular complexity index is 563. The maximum atomic E-state index is 12.7. The lowest BCUT2D eigenvalue weighted by molar-refractivity contribution is -0.135. The van der Waals surface area contributed by atoms with Crippen molar-refractivity contribution in [2.45, 2.75) is 57.2 Å². The van der Waals surface area contributed by atoms with Gasteiger partial charge in [-0.2, -0.15) is 0 Å². The maximum Gasteiger partial charge on any atom is 0.239 e. The minimum Gasteiger partial charge on any atom is -0.463 e. The van der Waals surface area contributed by atoms with Crippen molar-refractivity contribution in [1.82, 2.24) is 10.2 Å². The Labute approximate surface area is 143 Å². The summed E-state index contributed by atoms with van der Waals surface area (Å²) in [6, 6.07) is 3.77. The van der Waals surface area contributed by atoms with Crippen LogP contribution >= 0.6 is 0 Å². The Hall–Kier alpha value is -1.37. The molecule has 0 unspecified atom stereocenters. The zero-order valence-corrected chi connectivity index (χ0v) is 14.6. The van der Waals surface area contributed by atoms with Crippen LogP contribution in [0.1, 0.15) is 44.1 Å². The summed E-state index contributed by atoms with van der Waals surface area (Å²) in [6.45, 7) is 5.51. The second-order valence-corrected chi connectivity index (χ2v) is 7.17. The first-order valence-electron chi connectivity index (χ1n) is 8.88. The molecule has 2 N–H and O–H groups in total. The molecule has 0 bridgehead atoms. The van der Waals surface area contributed by atoms with Crippen molar-refractivity contribution < 1.29 is 19.1 Å². The average Bonchev–Trinajstić information content (AvgIpc) is 3.24. The van der Waals surface area contributed by atoms with E-state index in [-0.39, 0.29) is 18.5 Å². The van der Waals surface area contributed by atoms with Gasteiger partial charge in [-0.05, 0) is 38.8 Å². The van der Waals surface area contributed by atoms with Crippen LogP contribution in [0.4, 0.5) is 0 Å². The number of aryl methyl sites for hydroxylation is 1. The average molecular weight is 336 g/mol. The van der Waals surface area contributed by atoms with E-state index in [0.29, 0.717) is 25.0 Å². The highest BCUT2D eigenvalue weighted by Gasteiger charge is 2.36. The quantitative estimate of drug-likeness (QED) is 0.853. The fraction of sp³-hybridized carbons (Fsp3) is 0.722. The zero-order chi connectivity index (χ0) is 17.2. The van der Waals surface area contributed by atoms with Gasteiger partial charge in [-0.1, -0.05) is 12.8 Å². The summed E-state index contributed by atoms with van der Waals surface area (Å²) in [5, 5.41) is 13.5. The van der Waals surface area contributed by atoms with E-state index < -0.39 is 5.60 Å². The number of carbonyl (C=O) groups is 1. The molecule has 0 aromatic carbocycles. The van der Waals surface area contributed by atoms with Gasteiger partial charge < -0.3 is 19.6 Å². The highest BCUT2D eigenvalue weighted by atomic mass is 16.5. The van der Waals surface area contributed by atoms with Gasteiger partial charge in [-0.3, -0.25) is 9.69 Å². The molecule has 6 nitrogen and oxygen atoms in total. The van der Waals surface area contributed by atoms with E-state index in [4.69, 9.17) is 9.15 Å². The van der Waals surface area contributed by atoms with Crippen LogP contribution in [0.25, 0.3) is 0 Å². The van der Waals surface area contributed by atoms with E-state index in [1.807, 2.05) is 13.0 Å². The number of hydrogen-bond donors (Lipinski definition) is 2. The number of aliphatic hydroxyl groups is 1. The van der Waals surface area contributed by atoms with Gasteiger partial charge in [-0.15, -0.1) is 0 Å². The highest BCUT2D eigenvalue weighted by molar-refractivity contribution is 5.82. The molecule has 6 heteroatoms. The van der Waals surface area contributed by atoms with Crippen molar-refractivity contribution in [2.24, 2.45) is 0 Å². The van der Waals surface area contributed by atoms with Crippen molar-refractivity contribution in [1.29, 1.82) is 0 Å². The topological polar surface area (TPSA) is 74.9 Å². The molecule has 1 saturated carbocycles. The number of hydrogen-bond acceptors (Lipinski definition) is 5. The smallest absolute Gasteiger partial charge is 0.239 e. The van der Waals surface area contributed by atoms with Crippen LogP contribution in [0.5, 0.6) is 0 Å². The molecule has 1 aliphatic heterocycles. The van der Waals surface area contributed by atoms with E-state index in [0.717, 1.165) is 25.1 Å². The van der Waals surface area contributed by atoms with E-state index in [2.05, 4.69) is 10.2 Å². The number of ether oxygens (including phenoxy) is 1. The molecule has 3 rings (SSSR count). The molecule has 2 fully saturated rings. The van der Waals surface area contributed by atoms with Crippen molar-refractivity contribution >= 4 is 5.91 Å². The standard InChI is InChI=1S/C18H28N2O4/c1-13-7-8-16(24-13)18(2,22)12-19-17(21)15-11-23-10-9-20(15)14-5-3-4-6-14/h7-8,14-15,22H,3-6,9-12H2,1-2H3,(H,19,21)/t15-,18+/m1/s1. The monoisotopic (exact) mass is 336 g/mol. The van der Waals surface area contributed by atoms with Gasteiger partial charge in [0.15, 0.2) is 0 Å².